The number of ether oxygens (including phenoxy) is 3. The molecule has 0 spiro atoms. The molecule has 0 saturated carbocycles. The number of carbonyl (C=O) groups excluding carboxylic acids is 1. The largest absolute Gasteiger partial charge is 0.447 e. The Kier molecular flexibility index (Phi) is 11.4. The van der Waals surface area contributed by atoms with Crippen molar-refractivity contribution in [3.05, 3.63) is 0 Å². The second-order valence-electron chi connectivity index (χ2n) is 6.24. The normalized spacial score (nSPS) is 18.1. The Morgan fingerprint density at radius 3 is 2.04 bits per heavy atom. The van der Waals surface area contributed by atoms with Crippen LogP contribution in [0.3, 0.4) is 0 Å². The van der Waals surface area contributed by atoms with Crippen molar-refractivity contribution in [3.63, 3.8) is 0 Å². The molecular formula is C15H33N4O7P. The highest BCUT2D eigenvalue weighted by molar-refractivity contribution is 7.53. The van der Waals surface area contributed by atoms with Crippen LogP contribution in [0, 0.1) is 0 Å². The minimum Gasteiger partial charge on any atom is -0.447 e. The lowest BCUT2D eigenvalue weighted by molar-refractivity contribution is -0.0242. The highest BCUT2D eigenvalue weighted by atomic mass is 31.2. The predicted octanol–water partition coefficient (Wildman–Crippen LogP) is -0.0710. The van der Waals surface area contributed by atoms with Gasteiger partial charge in [0.25, 0.3) is 0 Å². The third kappa shape index (κ3) is 8.41. The van der Waals surface area contributed by atoms with Gasteiger partial charge in [-0.3, -0.25) is 4.57 Å². The van der Waals surface area contributed by atoms with Crippen molar-refractivity contribution in [3.8, 4) is 0 Å². The molecule has 1 aliphatic rings. The van der Waals surface area contributed by atoms with E-state index in [9.17, 15) is 9.36 Å². The Morgan fingerprint density at radius 2 is 1.52 bits per heavy atom. The topological polar surface area (TPSA) is 104 Å². The van der Waals surface area contributed by atoms with E-state index in [1.54, 1.807) is 42.4 Å². The number of nitrogens with zero attached hydrogens (tertiary/aromatic N) is 4. The van der Waals surface area contributed by atoms with Crippen molar-refractivity contribution in [1.82, 2.24) is 19.3 Å². The van der Waals surface area contributed by atoms with Crippen molar-refractivity contribution in [2.24, 2.45) is 0 Å². The summed E-state index contributed by atoms with van der Waals surface area (Å²) in [5, 5.41) is 9.99. The third-order valence-corrected chi connectivity index (χ3v) is 6.37. The zero-order chi connectivity index (χ0) is 20.3. The molecule has 27 heavy (non-hydrogen) atoms. The monoisotopic (exact) mass is 412 g/mol. The van der Waals surface area contributed by atoms with Gasteiger partial charge in [0, 0.05) is 40.3 Å². The van der Waals surface area contributed by atoms with Crippen LogP contribution in [0.2, 0.25) is 0 Å². The fourth-order valence-electron chi connectivity index (χ4n) is 2.39. The SMILES string of the molecule is CN(C)OP(=O)(N(C)C)N1CCN(C(=O)OCCOCCOCCO)CC1. The molecule has 0 radical (unpaired) electrons. The van der Waals surface area contributed by atoms with E-state index in [0.717, 1.165) is 0 Å². The van der Waals surface area contributed by atoms with Crippen LogP contribution in [0.4, 0.5) is 4.79 Å². The van der Waals surface area contributed by atoms with Gasteiger partial charge in [-0.25, -0.2) is 18.8 Å². The standard InChI is InChI=1S/C15H33N4O7P/c1-16(2)26-27(22,17(3)4)19-7-5-18(6-8-19)15(21)25-14-13-24-12-11-23-10-9-20/h20H,5-14H2,1-4H3. The molecule has 0 aromatic carbocycles. The highest BCUT2D eigenvalue weighted by Gasteiger charge is 2.39. The van der Waals surface area contributed by atoms with Crippen LogP contribution in [-0.4, -0.2) is 125 Å². The van der Waals surface area contributed by atoms with E-state index in [2.05, 4.69) is 0 Å². The maximum absolute atomic E-state index is 13.1. The Bertz CT molecular complexity index is 473. The molecule has 160 valence electrons. The van der Waals surface area contributed by atoms with Gasteiger partial charge in [0.05, 0.1) is 33.0 Å². The van der Waals surface area contributed by atoms with E-state index in [-0.39, 0.29) is 26.4 Å². The smallest absolute Gasteiger partial charge is 0.409 e. The summed E-state index contributed by atoms with van der Waals surface area (Å²) in [4.78, 5) is 13.7. The molecule has 1 N–H and O–H groups in total. The Balaban J connectivity index is 2.29. The van der Waals surface area contributed by atoms with E-state index >= 15 is 0 Å². The maximum Gasteiger partial charge on any atom is 0.409 e. The van der Waals surface area contributed by atoms with Crippen molar-refractivity contribution in [2.75, 3.05) is 94.0 Å². The molecule has 1 rings (SSSR count). The summed E-state index contributed by atoms with van der Waals surface area (Å²) < 4.78 is 37.5. The molecule has 0 bridgehead atoms. The van der Waals surface area contributed by atoms with Crippen molar-refractivity contribution >= 4 is 13.8 Å². The number of hydroxylamine groups is 2. The van der Waals surface area contributed by atoms with E-state index < -0.39 is 13.8 Å². The van der Waals surface area contributed by atoms with E-state index in [1.165, 1.54) is 5.06 Å². The van der Waals surface area contributed by atoms with Gasteiger partial charge >= 0.3 is 13.8 Å². The van der Waals surface area contributed by atoms with E-state index in [0.29, 0.717) is 39.4 Å². The second kappa shape index (κ2) is 12.6. The lowest BCUT2D eigenvalue weighted by atomic mass is 10.4. The number of hydrogen-bond donors (Lipinski definition) is 1. The summed E-state index contributed by atoms with van der Waals surface area (Å²) in [7, 11) is 3.63. The zero-order valence-corrected chi connectivity index (χ0v) is 17.6. The van der Waals surface area contributed by atoms with E-state index in [1.807, 2.05) is 0 Å². The fourth-order valence-corrected chi connectivity index (χ4v) is 4.25. The number of aliphatic hydroxyl groups is 1. The van der Waals surface area contributed by atoms with Crippen LogP contribution in [0.25, 0.3) is 0 Å². The lowest BCUT2D eigenvalue weighted by Gasteiger charge is -2.40. The number of carbonyl (C=O) groups is 1. The first-order valence-electron chi connectivity index (χ1n) is 8.89. The summed E-state index contributed by atoms with van der Waals surface area (Å²) >= 11 is 0. The molecule has 1 unspecified atom stereocenters. The summed E-state index contributed by atoms with van der Waals surface area (Å²) in [6.07, 6.45) is -0.414. The van der Waals surface area contributed by atoms with Gasteiger partial charge in [-0.1, -0.05) is 0 Å². The first kappa shape index (κ1) is 24.3. The average molecular weight is 412 g/mol. The first-order chi connectivity index (χ1) is 12.8. The molecule has 0 aromatic heterocycles. The van der Waals surface area contributed by atoms with Gasteiger partial charge in [0.2, 0.25) is 0 Å². The van der Waals surface area contributed by atoms with Crippen LogP contribution in [0.5, 0.6) is 0 Å². The van der Waals surface area contributed by atoms with Crippen LogP contribution < -0.4 is 0 Å². The third-order valence-electron chi connectivity index (χ3n) is 3.71. The fraction of sp³-hybridized carbons (Fsp3) is 0.933. The molecule has 0 aliphatic carbocycles. The Hall–Kier alpha value is -0.780. The molecule has 12 heteroatoms. The molecule has 1 atom stereocenters. The van der Waals surface area contributed by atoms with Crippen molar-refractivity contribution in [1.29, 1.82) is 0 Å². The molecule has 1 aliphatic heterocycles. The number of rotatable bonds is 12. The second-order valence-corrected chi connectivity index (χ2v) is 8.75. The Morgan fingerprint density at radius 1 is 0.963 bits per heavy atom. The molecule has 11 nitrogen and oxygen atoms in total. The van der Waals surface area contributed by atoms with Gasteiger partial charge in [0.1, 0.15) is 6.61 Å². The van der Waals surface area contributed by atoms with Gasteiger partial charge in [0.15, 0.2) is 0 Å². The number of hydrogen-bond acceptors (Lipinski definition) is 8. The predicted molar refractivity (Wildman–Crippen MR) is 99.3 cm³/mol. The van der Waals surface area contributed by atoms with Gasteiger partial charge in [-0.2, -0.15) is 5.06 Å². The molecule has 1 amide bonds. The maximum atomic E-state index is 13.1. The first-order valence-corrected chi connectivity index (χ1v) is 10.4. The van der Waals surface area contributed by atoms with Crippen LogP contribution in [-0.2, 0) is 23.4 Å². The summed E-state index contributed by atoms with van der Waals surface area (Å²) in [5.74, 6) is 0. The summed E-state index contributed by atoms with van der Waals surface area (Å²) in [6.45, 7) is 3.13. The van der Waals surface area contributed by atoms with Gasteiger partial charge < -0.3 is 24.2 Å². The zero-order valence-electron chi connectivity index (χ0n) is 16.7. The summed E-state index contributed by atoms with van der Waals surface area (Å²) in [6, 6.07) is 0. The van der Waals surface area contributed by atoms with Crippen LogP contribution in [0.1, 0.15) is 0 Å². The van der Waals surface area contributed by atoms with Crippen LogP contribution >= 0.6 is 7.67 Å². The minimum atomic E-state index is -3.16. The lowest BCUT2D eigenvalue weighted by Crippen LogP contribution is -2.49. The molecular weight excluding hydrogens is 379 g/mol. The highest BCUT2D eigenvalue weighted by Crippen LogP contribution is 2.53. The minimum absolute atomic E-state index is 0.0177. The van der Waals surface area contributed by atoms with Crippen LogP contribution in [0.15, 0.2) is 0 Å². The number of amides is 1. The van der Waals surface area contributed by atoms with Gasteiger partial charge in [-0.15, -0.1) is 0 Å². The molecule has 1 saturated heterocycles. The van der Waals surface area contributed by atoms with Crippen molar-refractivity contribution < 1.29 is 33.3 Å². The van der Waals surface area contributed by atoms with Gasteiger partial charge in [-0.05, 0) is 14.1 Å². The molecule has 0 aromatic rings. The average Bonchev–Trinajstić information content (AvgIpc) is 2.63. The molecule has 1 heterocycles. The summed E-state index contributed by atoms with van der Waals surface area (Å²) in [5.41, 5.74) is 0. The molecule has 1 fully saturated rings. The number of piperazine rings is 1. The Labute approximate surface area is 161 Å². The van der Waals surface area contributed by atoms with Crippen molar-refractivity contribution in [2.45, 2.75) is 0 Å². The quantitative estimate of drug-likeness (QED) is 0.266. The number of aliphatic hydroxyl groups excluding tert-OH is 1. The van der Waals surface area contributed by atoms with E-state index in [4.69, 9.17) is 23.9 Å².